The highest BCUT2D eigenvalue weighted by Gasteiger charge is 2.29. The Balaban J connectivity index is 1.22. The van der Waals surface area contributed by atoms with E-state index in [1.807, 2.05) is 0 Å². The van der Waals surface area contributed by atoms with Crippen LogP contribution >= 0.6 is 0 Å². The lowest BCUT2D eigenvalue weighted by Crippen LogP contribution is -1.87. The Labute approximate surface area is 204 Å². The zero-order chi connectivity index (χ0) is 22.7. The van der Waals surface area contributed by atoms with Crippen LogP contribution < -0.4 is 0 Å². The monoisotopic (exact) mass is 442 g/mol. The fourth-order valence-corrected chi connectivity index (χ4v) is 7.11. The van der Waals surface area contributed by atoms with Gasteiger partial charge in [-0.15, -0.1) is 0 Å². The van der Waals surface area contributed by atoms with E-state index in [2.05, 4.69) is 97.1 Å². The van der Waals surface area contributed by atoms with E-state index in [0.717, 1.165) is 19.3 Å². The Morgan fingerprint density at radius 1 is 0.343 bits per heavy atom. The molecule has 6 aromatic carbocycles. The van der Waals surface area contributed by atoms with E-state index in [-0.39, 0.29) is 0 Å². The van der Waals surface area contributed by atoms with Gasteiger partial charge in [0.25, 0.3) is 0 Å². The van der Waals surface area contributed by atoms with Gasteiger partial charge in [-0.25, -0.2) is 0 Å². The van der Waals surface area contributed by atoms with Crippen molar-refractivity contribution in [3.63, 3.8) is 0 Å². The molecule has 0 fully saturated rings. The smallest absolute Gasteiger partial charge is 0.00130 e. The fourth-order valence-electron chi connectivity index (χ4n) is 7.11. The average molecular weight is 443 g/mol. The molecule has 0 aromatic heterocycles. The third kappa shape index (κ3) is 2.32. The fraction of sp³-hybridized carbons (Fsp3) is 0.0857. The molecule has 162 valence electrons. The first-order valence-electron chi connectivity index (χ1n) is 12.7. The second kappa shape index (κ2) is 6.29. The van der Waals surface area contributed by atoms with Gasteiger partial charge >= 0.3 is 0 Å². The summed E-state index contributed by atoms with van der Waals surface area (Å²) >= 11 is 0. The molecule has 0 aliphatic heterocycles. The molecule has 0 heteroatoms. The van der Waals surface area contributed by atoms with Crippen LogP contribution in [0.2, 0.25) is 0 Å². The summed E-state index contributed by atoms with van der Waals surface area (Å²) < 4.78 is 0. The second-order valence-corrected chi connectivity index (χ2v) is 10.5. The molecule has 3 aliphatic carbocycles. The Hall–Kier alpha value is -4.16. The highest BCUT2D eigenvalue weighted by Crippen LogP contribution is 2.50. The summed E-state index contributed by atoms with van der Waals surface area (Å²) in [5.74, 6) is 0. The van der Waals surface area contributed by atoms with Crippen LogP contribution in [-0.2, 0) is 19.3 Å². The first-order chi connectivity index (χ1) is 17.3. The third-order valence-electron chi connectivity index (χ3n) is 8.66. The molecular formula is C35H22. The summed E-state index contributed by atoms with van der Waals surface area (Å²) in [6.07, 6.45) is 3.12. The quantitative estimate of drug-likeness (QED) is 0.220. The summed E-state index contributed by atoms with van der Waals surface area (Å²) in [5.41, 5.74) is 17.6. The van der Waals surface area contributed by atoms with Crippen LogP contribution in [-0.4, -0.2) is 0 Å². The molecule has 0 saturated heterocycles. The second-order valence-electron chi connectivity index (χ2n) is 10.5. The summed E-state index contributed by atoms with van der Waals surface area (Å²) in [7, 11) is 0. The van der Waals surface area contributed by atoms with Crippen molar-refractivity contribution in [2.24, 2.45) is 0 Å². The minimum absolute atomic E-state index is 1.03. The van der Waals surface area contributed by atoms with Gasteiger partial charge < -0.3 is 0 Å². The van der Waals surface area contributed by atoms with E-state index >= 15 is 0 Å². The molecule has 35 heavy (non-hydrogen) atoms. The van der Waals surface area contributed by atoms with Gasteiger partial charge in [0.05, 0.1) is 0 Å². The predicted octanol–water partition coefficient (Wildman–Crippen LogP) is 8.71. The Morgan fingerprint density at radius 3 is 1.26 bits per heavy atom. The molecule has 6 aromatic rings. The van der Waals surface area contributed by atoms with Crippen LogP contribution in [0.4, 0.5) is 0 Å². The summed E-state index contributed by atoms with van der Waals surface area (Å²) in [6, 6.07) is 37.0. The molecule has 0 radical (unpaired) electrons. The minimum Gasteiger partial charge on any atom is -0.0616 e. The van der Waals surface area contributed by atoms with Crippen molar-refractivity contribution >= 4 is 21.5 Å². The number of fused-ring (bicyclic) bond motifs is 13. The lowest BCUT2D eigenvalue weighted by atomic mass is 9.94. The zero-order valence-corrected chi connectivity index (χ0v) is 19.4. The number of rotatable bonds is 0. The largest absolute Gasteiger partial charge is 0.0616 e. The van der Waals surface area contributed by atoms with E-state index in [4.69, 9.17) is 0 Å². The lowest BCUT2D eigenvalue weighted by molar-refractivity contribution is 1.23. The minimum atomic E-state index is 1.03. The Morgan fingerprint density at radius 2 is 0.743 bits per heavy atom. The van der Waals surface area contributed by atoms with Crippen LogP contribution in [0, 0.1) is 0 Å². The van der Waals surface area contributed by atoms with Crippen molar-refractivity contribution in [3.05, 3.63) is 130 Å². The molecule has 3 aliphatic rings. The van der Waals surface area contributed by atoms with Crippen LogP contribution in [0.3, 0.4) is 0 Å². The number of hydrogen-bond donors (Lipinski definition) is 0. The SMILES string of the molecule is c1ccc2c3c(ccc2c1)Cc1cc2c(cc1-3)Cc1cc3c(cc1-2)Cc1ccc2ccccc2c1-3. The van der Waals surface area contributed by atoms with Gasteiger partial charge in [-0.3, -0.25) is 0 Å². The molecule has 0 unspecified atom stereocenters. The molecule has 9 rings (SSSR count). The predicted molar refractivity (Wildman–Crippen MR) is 146 cm³/mol. The molecular weight excluding hydrogens is 420 g/mol. The summed E-state index contributed by atoms with van der Waals surface area (Å²) in [6.45, 7) is 0. The van der Waals surface area contributed by atoms with E-state index in [1.165, 1.54) is 88.3 Å². The molecule has 0 bridgehead atoms. The van der Waals surface area contributed by atoms with Crippen molar-refractivity contribution in [2.45, 2.75) is 19.3 Å². The van der Waals surface area contributed by atoms with Gasteiger partial charge in [0.1, 0.15) is 0 Å². The summed E-state index contributed by atoms with van der Waals surface area (Å²) in [4.78, 5) is 0. The molecule has 0 atom stereocenters. The van der Waals surface area contributed by atoms with Crippen molar-refractivity contribution < 1.29 is 0 Å². The topological polar surface area (TPSA) is 0 Å². The third-order valence-corrected chi connectivity index (χ3v) is 8.66. The summed E-state index contributed by atoms with van der Waals surface area (Å²) in [5, 5.41) is 5.46. The van der Waals surface area contributed by atoms with Gasteiger partial charge in [-0.2, -0.15) is 0 Å². The van der Waals surface area contributed by atoms with E-state index in [9.17, 15) is 0 Å². The maximum atomic E-state index is 2.51. The molecule has 0 heterocycles. The van der Waals surface area contributed by atoms with Crippen molar-refractivity contribution in [1.82, 2.24) is 0 Å². The molecule has 0 saturated carbocycles. The van der Waals surface area contributed by atoms with Gasteiger partial charge in [-0.05, 0) is 132 Å². The van der Waals surface area contributed by atoms with Crippen LogP contribution in [0.25, 0.3) is 54.9 Å². The van der Waals surface area contributed by atoms with Crippen LogP contribution in [0.1, 0.15) is 33.4 Å². The van der Waals surface area contributed by atoms with E-state index in [0.29, 0.717) is 0 Å². The van der Waals surface area contributed by atoms with Gasteiger partial charge in [0.2, 0.25) is 0 Å². The first kappa shape index (κ1) is 18.2. The molecule has 0 nitrogen and oxygen atoms in total. The van der Waals surface area contributed by atoms with E-state index < -0.39 is 0 Å². The normalized spacial score (nSPS) is 13.9. The van der Waals surface area contributed by atoms with Crippen molar-refractivity contribution in [1.29, 1.82) is 0 Å². The molecule has 0 amide bonds. The van der Waals surface area contributed by atoms with E-state index in [1.54, 1.807) is 0 Å². The molecule has 0 N–H and O–H groups in total. The first-order valence-corrected chi connectivity index (χ1v) is 12.7. The zero-order valence-electron chi connectivity index (χ0n) is 19.4. The Bertz CT molecular complexity index is 1780. The lowest BCUT2D eigenvalue weighted by Gasteiger charge is -2.10. The highest BCUT2D eigenvalue weighted by atomic mass is 14.3. The highest BCUT2D eigenvalue weighted by molar-refractivity contribution is 6.04. The van der Waals surface area contributed by atoms with Gasteiger partial charge in [-0.1, -0.05) is 72.8 Å². The van der Waals surface area contributed by atoms with Crippen molar-refractivity contribution in [3.8, 4) is 33.4 Å². The average Bonchev–Trinajstić information content (AvgIpc) is 3.56. The Kier molecular flexibility index (Phi) is 3.27. The van der Waals surface area contributed by atoms with Gasteiger partial charge in [0, 0.05) is 0 Å². The van der Waals surface area contributed by atoms with Gasteiger partial charge in [0.15, 0.2) is 0 Å². The van der Waals surface area contributed by atoms with Crippen molar-refractivity contribution in [2.75, 3.05) is 0 Å². The van der Waals surface area contributed by atoms with Crippen LogP contribution in [0.5, 0.6) is 0 Å². The molecule has 0 spiro atoms. The maximum Gasteiger partial charge on any atom is -0.00130 e. The maximum absolute atomic E-state index is 2.51. The van der Waals surface area contributed by atoms with Crippen LogP contribution in [0.15, 0.2) is 97.1 Å². The number of benzene rings is 6. The standard InChI is InChI=1S/C35H22/c1-3-7-28-20(5-1)9-11-22-13-26-16-30-24(18-32(26)34(22)28)15-25-19-33-27(17-31(25)30)14-23-12-10-21-6-2-4-8-29(21)35(23)33/h1-12,16-19H,13-15H2. The number of hydrogen-bond acceptors (Lipinski definition) is 0.